The number of morpholine rings is 1. The molecule has 0 radical (unpaired) electrons. The first-order valence-electron chi connectivity index (χ1n) is 8.47. The molecular weight excluding hydrogens is 268 g/mol. The SMILES string of the molecule is CC1OCCC12CN(C(=O)NC1CC3CCC1C3)CCO2. The van der Waals surface area contributed by atoms with Gasteiger partial charge in [0.25, 0.3) is 0 Å². The monoisotopic (exact) mass is 294 g/mol. The molecule has 2 heterocycles. The lowest BCUT2D eigenvalue weighted by Crippen LogP contribution is -2.59. The molecule has 2 saturated heterocycles. The molecule has 5 nitrogen and oxygen atoms in total. The smallest absolute Gasteiger partial charge is 0.317 e. The van der Waals surface area contributed by atoms with Gasteiger partial charge in [-0.25, -0.2) is 4.79 Å². The van der Waals surface area contributed by atoms with Crippen LogP contribution in [0.15, 0.2) is 0 Å². The molecule has 5 heteroatoms. The quantitative estimate of drug-likeness (QED) is 0.802. The summed E-state index contributed by atoms with van der Waals surface area (Å²) < 4.78 is 11.7. The highest BCUT2D eigenvalue weighted by Crippen LogP contribution is 2.44. The molecule has 5 atom stereocenters. The Kier molecular flexibility index (Phi) is 3.38. The second-order valence-electron chi connectivity index (χ2n) is 7.33. The number of fused-ring (bicyclic) bond motifs is 2. The molecule has 1 spiro atoms. The summed E-state index contributed by atoms with van der Waals surface area (Å²) in [5, 5.41) is 3.29. The van der Waals surface area contributed by atoms with Crippen LogP contribution in [0.1, 0.15) is 39.0 Å². The van der Waals surface area contributed by atoms with Gasteiger partial charge >= 0.3 is 6.03 Å². The van der Waals surface area contributed by atoms with E-state index >= 15 is 0 Å². The Hall–Kier alpha value is -0.810. The van der Waals surface area contributed by atoms with Gasteiger partial charge in [-0.3, -0.25) is 0 Å². The molecular formula is C16H26N2O3. The first-order chi connectivity index (χ1) is 10.2. The molecule has 2 amide bonds. The zero-order chi connectivity index (χ0) is 14.4. The average Bonchev–Trinajstić information content (AvgIpc) is 3.17. The third kappa shape index (κ3) is 2.34. The summed E-state index contributed by atoms with van der Waals surface area (Å²) in [5.41, 5.74) is -0.274. The second-order valence-corrected chi connectivity index (χ2v) is 7.33. The highest BCUT2D eigenvalue weighted by molar-refractivity contribution is 5.75. The molecule has 4 aliphatic rings. The van der Waals surface area contributed by atoms with Crippen LogP contribution < -0.4 is 5.32 Å². The Morgan fingerprint density at radius 2 is 2.19 bits per heavy atom. The Balaban J connectivity index is 1.38. The molecule has 118 valence electrons. The first-order valence-corrected chi connectivity index (χ1v) is 8.47. The summed E-state index contributed by atoms with van der Waals surface area (Å²) in [5.74, 6) is 1.59. The predicted molar refractivity (Wildman–Crippen MR) is 78.1 cm³/mol. The van der Waals surface area contributed by atoms with Gasteiger partial charge in [-0.15, -0.1) is 0 Å². The van der Waals surface area contributed by atoms with Gasteiger partial charge in [0.2, 0.25) is 0 Å². The van der Waals surface area contributed by atoms with Crippen molar-refractivity contribution in [2.75, 3.05) is 26.3 Å². The minimum Gasteiger partial charge on any atom is -0.375 e. The van der Waals surface area contributed by atoms with Crippen LogP contribution in [0.5, 0.6) is 0 Å². The van der Waals surface area contributed by atoms with E-state index in [1.54, 1.807) is 0 Å². The van der Waals surface area contributed by atoms with Crippen molar-refractivity contribution in [1.82, 2.24) is 10.2 Å². The topological polar surface area (TPSA) is 50.8 Å². The Labute approximate surface area is 126 Å². The normalized spacial score (nSPS) is 45.5. The van der Waals surface area contributed by atoms with Crippen molar-refractivity contribution in [3.05, 3.63) is 0 Å². The molecule has 0 aromatic heterocycles. The maximum atomic E-state index is 12.6. The summed E-state index contributed by atoms with van der Waals surface area (Å²) in [4.78, 5) is 14.5. The minimum absolute atomic E-state index is 0.0793. The highest BCUT2D eigenvalue weighted by Gasteiger charge is 2.47. The van der Waals surface area contributed by atoms with Gasteiger partial charge in [-0.1, -0.05) is 6.42 Å². The number of urea groups is 1. The summed E-state index contributed by atoms with van der Waals surface area (Å²) in [6, 6.07) is 0.515. The highest BCUT2D eigenvalue weighted by atomic mass is 16.6. The summed E-state index contributed by atoms with van der Waals surface area (Å²) in [7, 11) is 0. The fourth-order valence-electron chi connectivity index (χ4n) is 4.81. The van der Waals surface area contributed by atoms with Gasteiger partial charge in [-0.05, 0) is 38.0 Å². The number of hydrogen-bond donors (Lipinski definition) is 1. The standard InChI is InChI=1S/C16H26N2O3/c1-11-16(4-6-20-11)10-18(5-7-21-16)15(19)17-14-9-12-2-3-13(14)8-12/h11-14H,2-10H2,1H3,(H,17,19). The lowest BCUT2D eigenvalue weighted by atomic mass is 9.94. The fraction of sp³-hybridized carbons (Fsp3) is 0.938. The maximum absolute atomic E-state index is 12.6. The summed E-state index contributed by atoms with van der Waals surface area (Å²) in [6.07, 6.45) is 6.15. The number of hydrogen-bond acceptors (Lipinski definition) is 3. The second kappa shape index (κ2) is 5.13. The molecule has 0 aromatic rings. The number of nitrogens with zero attached hydrogens (tertiary/aromatic N) is 1. The van der Waals surface area contributed by atoms with Crippen LogP contribution >= 0.6 is 0 Å². The molecule has 5 unspecified atom stereocenters. The Bertz CT molecular complexity index is 430. The molecule has 2 aliphatic carbocycles. The lowest BCUT2D eigenvalue weighted by molar-refractivity contribution is -0.125. The van der Waals surface area contributed by atoms with Gasteiger partial charge in [0.1, 0.15) is 5.60 Å². The first kappa shape index (κ1) is 13.8. The van der Waals surface area contributed by atoms with E-state index in [9.17, 15) is 4.79 Å². The van der Waals surface area contributed by atoms with Crippen molar-refractivity contribution >= 4 is 6.03 Å². The van der Waals surface area contributed by atoms with E-state index in [0.717, 1.165) is 24.9 Å². The van der Waals surface area contributed by atoms with Gasteiger partial charge in [0.05, 0.1) is 19.3 Å². The van der Waals surface area contributed by atoms with Crippen LogP contribution in [0, 0.1) is 11.8 Å². The number of carbonyl (C=O) groups is 1. The predicted octanol–water partition coefficient (Wildman–Crippen LogP) is 1.76. The fourth-order valence-corrected chi connectivity index (χ4v) is 4.81. The van der Waals surface area contributed by atoms with E-state index in [2.05, 4.69) is 12.2 Å². The molecule has 1 N–H and O–H groups in total. The van der Waals surface area contributed by atoms with E-state index in [0.29, 0.717) is 25.7 Å². The van der Waals surface area contributed by atoms with Crippen molar-refractivity contribution in [1.29, 1.82) is 0 Å². The number of rotatable bonds is 1. The van der Waals surface area contributed by atoms with Crippen LogP contribution in [-0.2, 0) is 9.47 Å². The number of amides is 2. The summed E-state index contributed by atoms with van der Waals surface area (Å²) in [6.45, 7) is 4.78. The van der Waals surface area contributed by atoms with Crippen LogP contribution in [-0.4, -0.2) is 55.0 Å². The number of ether oxygens (including phenoxy) is 2. The third-order valence-electron chi connectivity index (χ3n) is 6.18. The molecule has 4 rings (SSSR count). The Morgan fingerprint density at radius 3 is 2.86 bits per heavy atom. The Morgan fingerprint density at radius 1 is 1.29 bits per heavy atom. The van der Waals surface area contributed by atoms with E-state index in [-0.39, 0.29) is 17.7 Å². The van der Waals surface area contributed by atoms with Crippen LogP contribution in [0.25, 0.3) is 0 Å². The molecule has 0 aromatic carbocycles. The number of nitrogens with one attached hydrogen (secondary N) is 1. The molecule has 2 aliphatic heterocycles. The van der Waals surface area contributed by atoms with Gasteiger partial charge in [0, 0.05) is 25.6 Å². The van der Waals surface area contributed by atoms with Crippen molar-refractivity contribution in [3.8, 4) is 0 Å². The minimum atomic E-state index is -0.274. The van der Waals surface area contributed by atoms with Crippen molar-refractivity contribution in [3.63, 3.8) is 0 Å². The van der Waals surface area contributed by atoms with Crippen molar-refractivity contribution < 1.29 is 14.3 Å². The zero-order valence-electron chi connectivity index (χ0n) is 12.8. The van der Waals surface area contributed by atoms with Gasteiger partial charge in [-0.2, -0.15) is 0 Å². The number of carbonyl (C=O) groups excluding carboxylic acids is 1. The third-order valence-corrected chi connectivity index (χ3v) is 6.18. The van der Waals surface area contributed by atoms with Crippen LogP contribution in [0.2, 0.25) is 0 Å². The average molecular weight is 294 g/mol. The van der Waals surface area contributed by atoms with E-state index in [1.165, 1.54) is 25.7 Å². The van der Waals surface area contributed by atoms with E-state index < -0.39 is 0 Å². The van der Waals surface area contributed by atoms with Gasteiger partial charge < -0.3 is 19.7 Å². The summed E-state index contributed by atoms with van der Waals surface area (Å²) >= 11 is 0. The largest absolute Gasteiger partial charge is 0.375 e. The van der Waals surface area contributed by atoms with Crippen LogP contribution in [0.4, 0.5) is 4.79 Å². The van der Waals surface area contributed by atoms with Crippen molar-refractivity contribution in [2.45, 2.75) is 56.8 Å². The van der Waals surface area contributed by atoms with Gasteiger partial charge in [0.15, 0.2) is 0 Å². The molecule has 2 bridgehead atoms. The van der Waals surface area contributed by atoms with E-state index in [1.807, 2.05) is 4.90 Å². The maximum Gasteiger partial charge on any atom is 0.317 e. The molecule has 4 fully saturated rings. The molecule has 2 saturated carbocycles. The van der Waals surface area contributed by atoms with Crippen LogP contribution in [0.3, 0.4) is 0 Å². The molecule has 21 heavy (non-hydrogen) atoms. The zero-order valence-corrected chi connectivity index (χ0v) is 12.8. The van der Waals surface area contributed by atoms with Crippen molar-refractivity contribution in [2.24, 2.45) is 11.8 Å². The lowest BCUT2D eigenvalue weighted by Gasteiger charge is -2.42. The van der Waals surface area contributed by atoms with E-state index in [4.69, 9.17) is 9.47 Å².